The van der Waals surface area contributed by atoms with Gasteiger partial charge in [-0.1, -0.05) is 18.6 Å². The van der Waals surface area contributed by atoms with Gasteiger partial charge < -0.3 is 10.4 Å². The standard InChI is InChI=1S/C16H24N2O2/c19-16(20)8-5-9-17-15-7-4-6-14(12-15)13-18-10-2-1-3-11-18/h4,6-7,12,17H,1-3,5,8-11,13H2,(H,19,20). The molecule has 0 saturated carbocycles. The van der Waals surface area contributed by atoms with E-state index in [0.717, 1.165) is 12.2 Å². The number of rotatable bonds is 7. The van der Waals surface area contributed by atoms with Gasteiger partial charge in [-0.2, -0.15) is 0 Å². The fourth-order valence-electron chi connectivity index (χ4n) is 2.63. The average Bonchev–Trinajstić information content (AvgIpc) is 2.45. The smallest absolute Gasteiger partial charge is 0.303 e. The number of nitrogens with one attached hydrogen (secondary N) is 1. The molecule has 0 unspecified atom stereocenters. The largest absolute Gasteiger partial charge is 0.481 e. The van der Waals surface area contributed by atoms with E-state index in [1.54, 1.807) is 0 Å². The highest BCUT2D eigenvalue weighted by molar-refractivity contribution is 5.66. The van der Waals surface area contributed by atoms with Crippen LogP contribution in [0.15, 0.2) is 24.3 Å². The number of carboxylic acid groups (broad SMARTS) is 1. The predicted octanol–water partition coefficient (Wildman–Crippen LogP) is 2.95. The maximum Gasteiger partial charge on any atom is 0.303 e. The first kappa shape index (κ1) is 14.9. The van der Waals surface area contributed by atoms with Gasteiger partial charge in [-0.25, -0.2) is 0 Å². The van der Waals surface area contributed by atoms with E-state index >= 15 is 0 Å². The lowest BCUT2D eigenvalue weighted by Gasteiger charge is -2.26. The van der Waals surface area contributed by atoms with Crippen molar-refractivity contribution in [2.45, 2.75) is 38.6 Å². The number of hydrogen-bond acceptors (Lipinski definition) is 3. The van der Waals surface area contributed by atoms with Crippen LogP contribution < -0.4 is 5.32 Å². The molecule has 0 aliphatic carbocycles. The summed E-state index contributed by atoms with van der Waals surface area (Å²) in [5.74, 6) is -0.731. The lowest BCUT2D eigenvalue weighted by atomic mass is 10.1. The highest BCUT2D eigenvalue weighted by Crippen LogP contribution is 2.16. The number of hydrogen-bond donors (Lipinski definition) is 2. The summed E-state index contributed by atoms with van der Waals surface area (Å²) in [4.78, 5) is 13.0. The average molecular weight is 276 g/mol. The minimum Gasteiger partial charge on any atom is -0.481 e. The van der Waals surface area contributed by atoms with Crippen LogP contribution in [0.2, 0.25) is 0 Å². The molecule has 2 N–H and O–H groups in total. The second kappa shape index (κ2) is 7.90. The van der Waals surface area contributed by atoms with E-state index in [9.17, 15) is 4.79 Å². The third kappa shape index (κ3) is 5.21. The van der Waals surface area contributed by atoms with Crippen LogP contribution in [0.3, 0.4) is 0 Å². The minimum absolute atomic E-state index is 0.223. The molecule has 1 saturated heterocycles. The molecule has 0 bridgehead atoms. The van der Waals surface area contributed by atoms with E-state index < -0.39 is 5.97 Å². The van der Waals surface area contributed by atoms with Crippen LogP contribution in [0.5, 0.6) is 0 Å². The van der Waals surface area contributed by atoms with Crippen molar-refractivity contribution in [3.8, 4) is 0 Å². The van der Waals surface area contributed by atoms with Gasteiger partial charge >= 0.3 is 5.97 Å². The summed E-state index contributed by atoms with van der Waals surface area (Å²) in [6, 6.07) is 8.45. The predicted molar refractivity (Wildman–Crippen MR) is 80.9 cm³/mol. The highest BCUT2D eigenvalue weighted by atomic mass is 16.4. The normalized spacial score (nSPS) is 16.0. The molecule has 1 aliphatic rings. The molecule has 110 valence electrons. The van der Waals surface area contributed by atoms with Crippen molar-refractivity contribution in [1.82, 2.24) is 4.90 Å². The zero-order chi connectivity index (χ0) is 14.2. The number of carbonyl (C=O) groups is 1. The van der Waals surface area contributed by atoms with Crippen LogP contribution in [0.4, 0.5) is 5.69 Å². The summed E-state index contributed by atoms with van der Waals surface area (Å²) in [5, 5.41) is 11.9. The van der Waals surface area contributed by atoms with Crippen molar-refractivity contribution < 1.29 is 9.90 Å². The van der Waals surface area contributed by atoms with E-state index in [-0.39, 0.29) is 6.42 Å². The molecule has 20 heavy (non-hydrogen) atoms. The number of anilines is 1. The zero-order valence-corrected chi connectivity index (χ0v) is 12.0. The van der Waals surface area contributed by atoms with Crippen LogP contribution in [0.1, 0.15) is 37.7 Å². The Morgan fingerprint density at radius 2 is 2.05 bits per heavy atom. The molecule has 1 aromatic carbocycles. The van der Waals surface area contributed by atoms with Crippen LogP contribution in [-0.4, -0.2) is 35.6 Å². The van der Waals surface area contributed by atoms with Crippen molar-refractivity contribution in [3.05, 3.63) is 29.8 Å². The maximum atomic E-state index is 10.5. The van der Waals surface area contributed by atoms with Gasteiger partial charge in [0, 0.05) is 25.2 Å². The zero-order valence-electron chi connectivity index (χ0n) is 12.0. The molecule has 1 aliphatic heterocycles. The maximum absolute atomic E-state index is 10.5. The Bertz CT molecular complexity index is 428. The molecule has 2 rings (SSSR count). The quantitative estimate of drug-likeness (QED) is 0.752. The first-order valence-electron chi connectivity index (χ1n) is 7.51. The van der Waals surface area contributed by atoms with Crippen molar-refractivity contribution in [2.75, 3.05) is 25.0 Å². The number of likely N-dealkylation sites (tertiary alicyclic amines) is 1. The SMILES string of the molecule is O=C(O)CCCNc1cccc(CN2CCCCC2)c1. The summed E-state index contributed by atoms with van der Waals surface area (Å²) >= 11 is 0. The van der Waals surface area contributed by atoms with Crippen molar-refractivity contribution in [3.63, 3.8) is 0 Å². The molecule has 4 heteroatoms. The summed E-state index contributed by atoms with van der Waals surface area (Å²) < 4.78 is 0. The fraction of sp³-hybridized carbons (Fsp3) is 0.562. The Hall–Kier alpha value is -1.55. The minimum atomic E-state index is -0.731. The lowest BCUT2D eigenvalue weighted by molar-refractivity contribution is -0.137. The van der Waals surface area contributed by atoms with Crippen molar-refractivity contribution >= 4 is 11.7 Å². The van der Waals surface area contributed by atoms with Gasteiger partial charge in [0.2, 0.25) is 0 Å². The fourth-order valence-corrected chi connectivity index (χ4v) is 2.63. The van der Waals surface area contributed by atoms with Gasteiger partial charge in [-0.15, -0.1) is 0 Å². The Labute approximate surface area is 120 Å². The summed E-state index contributed by atoms with van der Waals surface area (Å²) in [7, 11) is 0. The number of carboxylic acids is 1. The second-order valence-electron chi connectivity index (χ2n) is 5.46. The van der Waals surface area contributed by atoms with Gasteiger partial charge in [0.15, 0.2) is 0 Å². The number of aliphatic carboxylic acids is 1. The van der Waals surface area contributed by atoms with E-state index in [4.69, 9.17) is 5.11 Å². The molecular formula is C16H24N2O2. The van der Waals surface area contributed by atoms with Crippen LogP contribution in [0.25, 0.3) is 0 Å². The number of nitrogens with zero attached hydrogens (tertiary/aromatic N) is 1. The van der Waals surface area contributed by atoms with Crippen LogP contribution in [0, 0.1) is 0 Å². The molecule has 4 nitrogen and oxygen atoms in total. The van der Waals surface area contributed by atoms with Gasteiger partial charge in [0.25, 0.3) is 0 Å². The Balaban J connectivity index is 1.79. The third-order valence-electron chi connectivity index (χ3n) is 3.68. The molecule has 0 amide bonds. The molecule has 1 fully saturated rings. The molecule has 0 radical (unpaired) electrons. The van der Waals surface area contributed by atoms with Gasteiger partial charge in [-0.3, -0.25) is 9.69 Å². The first-order valence-corrected chi connectivity index (χ1v) is 7.51. The first-order chi connectivity index (χ1) is 9.74. The molecule has 1 aromatic rings. The van der Waals surface area contributed by atoms with Gasteiger partial charge in [-0.05, 0) is 50.0 Å². The van der Waals surface area contributed by atoms with E-state index in [2.05, 4.69) is 28.4 Å². The van der Waals surface area contributed by atoms with Crippen LogP contribution in [-0.2, 0) is 11.3 Å². The molecule has 1 heterocycles. The Morgan fingerprint density at radius 3 is 2.80 bits per heavy atom. The van der Waals surface area contributed by atoms with Gasteiger partial charge in [0.1, 0.15) is 0 Å². The number of benzene rings is 1. The topological polar surface area (TPSA) is 52.6 Å². The summed E-state index contributed by atoms with van der Waals surface area (Å²) in [6.07, 6.45) is 4.87. The third-order valence-corrected chi connectivity index (χ3v) is 3.68. The van der Waals surface area contributed by atoms with Gasteiger partial charge in [0.05, 0.1) is 0 Å². The molecular weight excluding hydrogens is 252 g/mol. The van der Waals surface area contributed by atoms with Crippen molar-refractivity contribution in [2.24, 2.45) is 0 Å². The van der Waals surface area contributed by atoms with E-state index in [1.807, 2.05) is 6.07 Å². The molecule has 0 spiro atoms. The monoisotopic (exact) mass is 276 g/mol. The van der Waals surface area contributed by atoms with Crippen LogP contribution >= 0.6 is 0 Å². The van der Waals surface area contributed by atoms with Crippen molar-refractivity contribution in [1.29, 1.82) is 0 Å². The second-order valence-corrected chi connectivity index (χ2v) is 5.46. The molecule has 0 aromatic heterocycles. The Morgan fingerprint density at radius 1 is 1.25 bits per heavy atom. The molecule has 0 atom stereocenters. The summed E-state index contributed by atoms with van der Waals surface area (Å²) in [6.45, 7) is 4.14. The lowest BCUT2D eigenvalue weighted by Crippen LogP contribution is -2.29. The Kier molecular flexibility index (Phi) is 5.87. The number of piperidine rings is 1. The summed E-state index contributed by atoms with van der Waals surface area (Å²) in [5.41, 5.74) is 2.42. The highest BCUT2D eigenvalue weighted by Gasteiger charge is 2.10. The van der Waals surface area contributed by atoms with E-state index in [1.165, 1.54) is 37.9 Å². The van der Waals surface area contributed by atoms with E-state index in [0.29, 0.717) is 13.0 Å².